The third kappa shape index (κ3) is 3.82. The molecule has 1 aliphatic heterocycles. The first kappa shape index (κ1) is 13.6. The number of benzene rings is 1. The number of nitrogens with one attached hydrogen (secondary N) is 1. The van der Waals surface area contributed by atoms with E-state index in [4.69, 9.17) is 0 Å². The zero-order chi connectivity index (χ0) is 13.0. The van der Waals surface area contributed by atoms with Crippen molar-refractivity contribution in [1.82, 2.24) is 10.2 Å². The lowest BCUT2D eigenvalue weighted by molar-refractivity contribution is 0.167. The van der Waals surface area contributed by atoms with E-state index in [9.17, 15) is 0 Å². The Morgan fingerprint density at radius 2 is 2.00 bits per heavy atom. The quantitative estimate of drug-likeness (QED) is 0.882. The first-order valence-corrected chi connectivity index (χ1v) is 7.05. The highest BCUT2D eigenvalue weighted by atomic mass is 15.2. The van der Waals surface area contributed by atoms with E-state index in [1.54, 1.807) is 0 Å². The van der Waals surface area contributed by atoms with Gasteiger partial charge in [0, 0.05) is 32.2 Å². The van der Waals surface area contributed by atoms with Gasteiger partial charge in [-0.05, 0) is 24.3 Å². The summed E-state index contributed by atoms with van der Waals surface area (Å²) in [6.07, 6.45) is 1.15. The Kier molecular flexibility index (Phi) is 4.41. The highest BCUT2D eigenvalue weighted by molar-refractivity contribution is 5.14. The Hall–Kier alpha value is -0.860. The maximum atomic E-state index is 3.57. The van der Waals surface area contributed by atoms with Gasteiger partial charge in [0.25, 0.3) is 0 Å². The van der Waals surface area contributed by atoms with E-state index >= 15 is 0 Å². The first-order chi connectivity index (χ1) is 8.57. The molecule has 100 valence electrons. The molecule has 1 fully saturated rings. The van der Waals surface area contributed by atoms with Crippen molar-refractivity contribution in [2.45, 2.75) is 33.2 Å². The Balaban J connectivity index is 1.94. The van der Waals surface area contributed by atoms with Crippen LogP contribution in [0.4, 0.5) is 0 Å². The molecule has 0 bridgehead atoms. The van der Waals surface area contributed by atoms with E-state index in [1.807, 2.05) is 0 Å². The van der Waals surface area contributed by atoms with Crippen molar-refractivity contribution < 1.29 is 0 Å². The minimum absolute atomic E-state index is 0.376. The lowest BCUT2D eigenvalue weighted by atomic mass is 9.93. The molecule has 2 heteroatoms. The maximum Gasteiger partial charge on any atom is 0.0192 e. The topological polar surface area (TPSA) is 15.3 Å². The molecule has 18 heavy (non-hydrogen) atoms. The van der Waals surface area contributed by atoms with Gasteiger partial charge in [-0.1, -0.05) is 44.2 Å². The Labute approximate surface area is 111 Å². The lowest BCUT2D eigenvalue weighted by Crippen LogP contribution is -2.41. The van der Waals surface area contributed by atoms with Crippen molar-refractivity contribution in [2.75, 3.05) is 26.2 Å². The highest BCUT2D eigenvalue weighted by Crippen LogP contribution is 2.20. The van der Waals surface area contributed by atoms with Crippen molar-refractivity contribution in [3.05, 3.63) is 35.9 Å². The molecule has 1 heterocycles. The second-order valence-electron chi connectivity index (χ2n) is 6.35. The third-order valence-corrected chi connectivity index (χ3v) is 3.83. The summed E-state index contributed by atoms with van der Waals surface area (Å²) >= 11 is 0. The van der Waals surface area contributed by atoms with Crippen LogP contribution in [0.5, 0.6) is 0 Å². The number of hydrogen-bond acceptors (Lipinski definition) is 2. The van der Waals surface area contributed by atoms with E-state index in [2.05, 4.69) is 61.3 Å². The van der Waals surface area contributed by atoms with Gasteiger partial charge in [0.1, 0.15) is 0 Å². The van der Waals surface area contributed by atoms with Gasteiger partial charge in [0.2, 0.25) is 0 Å². The molecule has 1 aromatic carbocycles. The monoisotopic (exact) mass is 246 g/mol. The molecule has 2 rings (SSSR count). The molecule has 1 aliphatic rings. The predicted molar refractivity (Wildman–Crippen MR) is 77.8 cm³/mol. The zero-order valence-electron chi connectivity index (χ0n) is 11.9. The normalized spacial score (nSPS) is 24.7. The highest BCUT2D eigenvalue weighted by Gasteiger charge is 2.27. The Morgan fingerprint density at radius 1 is 1.28 bits per heavy atom. The average molecular weight is 246 g/mol. The summed E-state index contributed by atoms with van der Waals surface area (Å²) in [7, 11) is 0. The Morgan fingerprint density at radius 3 is 2.72 bits per heavy atom. The molecule has 0 radical (unpaired) electrons. The maximum absolute atomic E-state index is 3.57. The van der Waals surface area contributed by atoms with Crippen molar-refractivity contribution in [3.8, 4) is 0 Å². The van der Waals surface area contributed by atoms with Crippen LogP contribution >= 0.6 is 0 Å². The van der Waals surface area contributed by atoms with Crippen LogP contribution in [0.1, 0.15) is 26.3 Å². The van der Waals surface area contributed by atoms with E-state index in [0.717, 1.165) is 26.1 Å². The van der Waals surface area contributed by atoms with Gasteiger partial charge >= 0.3 is 0 Å². The molecule has 0 saturated carbocycles. The summed E-state index contributed by atoms with van der Waals surface area (Å²) in [5, 5.41) is 3.57. The van der Waals surface area contributed by atoms with Gasteiger partial charge in [-0.3, -0.25) is 4.90 Å². The minimum atomic E-state index is 0.376. The number of nitrogens with zero attached hydrogens (tertiary/aromatic N) is 1. The molecule has 0 aromatic heterocycles. The summed E-state index contributed by atoms with van der Waals surface area (Å²) in [6, 6.07) is 11.4. The van der Waals surface area contributed by atoms with Crippen LogP contribution in [0.3, 0.4) is 0 Å². The van der Waals surface area contributed by atoms with Gasteiger partial charge in [0.15, 0.2) is 0 Å². The second kappa shape index (κ2) is 5.85. The SMILES string of the molecule is CC1CNCC(C)(C)CN1CCc1ccccc1. The van der Waals surface area contributed by atoms with Crippen LogP contribution in [0.25, 0.3) is 0 Å². The fraction of sp³-hybridized carbons (Fsp3) is 0.625. The molecule has 0 spiro atoms. The van der Waals surface area contributed by atoms with E-state index < -0.39 is 0 Å². The Bertz CT molecular complexity index is 359. The van der Waals surface area contributed by atoms with Crippen LogP contribution in [-0.4, -0.2) is 37.1 Å². The van der Waals surface area contributed by atoms with Gasteiger partial charge in [0.05, 0.1) is 0 Å². The lowest BCUT2D eigenvalue weighted by Gasteiger charge is -2.32. The molecule has 2 nitrogen and oxygen atoms in total. The van der Waals surface area contributed by atoms with Crippen molar-refractivity contribution in [2.24, 2.45) is 5.41 Å². The molecule has 1 unspecified atom stereocenters. The third-order valence-electron chi connectivity index (χ3n) is 3.83. The molecule has 0 aliphatic carbocycles. The smallest absolute Gasteiger partial charge is 0.0192 e. The summed E-state index contributed by atoms with van der Waals surface area (Å²) < 4.78 is 0. The van der Waals surface area contributed by atoms with Crippen LogP contribution in [0.2, 0.25) is 0 Å². The average Bonchev–Trinajstić information content (AvgIpc) is 2.47. The van der Waals surface area contributed by atoms with E-state index in [0.29, 0.717) is 11.5 Å². The molecular weight excluding hydrogens is 220 g/mol. The van der Waals surface area contributed by atoms with Crippen molar-refractivity contribution in [1.29, 1.82) is 0 Å². The standard InChI is InChI=1S/C16H26N2/c1-14-11-17-12-16(2,3)13-18(14)10-9-15-7-5-4-6-8-15/h4-8,14,17H,9-13H2,1-3H3. The minimum Gasteiger partial charge on any atom is -0.315 e. The number of rotatable bonds is 3. The van der Waals surface area contributed by atoms with Crippen molar-refractivity contribution >= 4 is 0 Å². The molecule has 1 aromatic rings. The molecule has 1 saturated heterocycles. The molecule has 0 amide bonds. The zero-order valence-corrected chi connectivity index (χ0v) is 11.9. The van der Waals surface area contributed by atoms with Gasteiger partial charge < -0.3 is 5.32 Å². The molecule has 1 atom stereocenters. The fourth-order valence-electron chi connectivity index (χ4n) is 2.73. The summed E-state index contributed by atoms with van der Waals surface area (Å²) in [6.45, 7) is 11.6. The summed E-state index contributed by atoms with van der Waals surface area (Å²) in [4.78, 5) is 2.63. The van der Waals surface area contributed by atoms with E-state index in [-0.39, 0.29) is 0 Å². The predicted octanol–water partition coefficient (Wildman–Crippen LogP) is 2.55. The largest absolute Gasteiger partial charge is 0.315 e. The van der Waals surface area contributed by atoms with E-state index in [1.165, 1.54) is 12.1 Å². The van der Waals surface area contributed by atoms with Crippen LogP contribution < -0.4 is 5.32 Å². The van der Waals surface area contributed by atoms with Gasteiger partial charge in [-0.25, -0.2) is 0 Å². The summed E-state index contributed by atoms with van der Waals surface area (Å²) in [5.41, 5.74) is 1.82. The van der Waals surface area contributed by atoms with Crippen molar-refractivity contribution in [3.63, 3.8) is 0 Å². The molecule has 1 N–H and O–H groups in total. The van der Waals surface area contributed by atoms with Crippen LogP contribution in [0, 0.1) is 5.41 Å². The van der Waals surface area contributed by atoms with Gasteiger partial charge in [-0.2, -0.15) is 0 Å². The summed E-state index contributed by atoms with van der Waals surface area (Å²) in [5.74, 6) is 0. The molecular formula is C16H26N2. The van der Waals surface area contributed by atoms with Gasteiger partial charge in [-0.15, -0.1) is 0 Å². The second-order valence-corrected chi connectivity index (χ2v) is 6.35. The van der Waals surface area contributed by atoms with Crippen LogP contribution in [-0.2, 0) is 6.42 Å². The number of hydrogen-bond donors (Lipinski definition) is 1. The first-order valence-electron chi connectivity index (χ1n) is 7.05. The van der Waals surface area contributed by atoms with Crippen LogP contribution in [0.15, 0.2) is 30.3 Å². The fourth-order valence-corrected chi connectivity index (χ4v) is 2.73.